The summed E-state index contributed by atoms with van der Waals surface area (Å²) in [5.74, 6) is 0.00896. The number of allylic oxidation sites excluding steroid dienone is 1. The monoisotopic (exact) mass is 400 g/mol. The number of amides is 1. The van der Waals surface area contributed by atoms with Crippen LogP contribution in [0.1, 0.15) is 12.0 Å². The standard InChI is InChI=1S/C24H24N4O2/c29-23(8-4-7-18-5-2-1-3-6-18)28-14-11-21(17-28)27-22-15-20(16-26-24(22)30)19-9-12-25-13-10-19/h1-6,8-10,12-13,15-16,21,27H,7,11,14,17H2,(H,26,30)/b8-4+/t21-/m1/s1. The van der Waals surface area contributed by atoms with Crippen molar-refractivity contribution >= 4 is 11.6 Å². The molecule has 3 heterocycles. The molecule has 1 aliphatic heterocycles. The molecule has 1 aliphatic rings. The van der Waals surface area contributed by atoms with Crippen LogP contribution >= 0.6 is 0 Å². The Balaban J connectivity index is 1.36. The average molecular weight is 400 g/mol. The van der Waals surface area contributed by atoms with Gasteiger partial charge in [0.2, 0.25) is 5.91 Å². The first-order valence-corrected chi connectivity index (χ1v) is 10.1. The van der Waals surface area contributed by atoms with Crippen LogP contribution in [0.5, 0.6) is 0 Å². The number of nitrogens with zero attached hydrogens (tertiary/aromatic N) is 2. The van der Waals surface area contributed by atoms with Crippen LogP contribution in [0.3, 0.4) is 0 Å². The van der Waals surface area contributed by atoms with Crippen LogP contribution in [0.25, 0.3) is 11.1 Å². The maximum absolute atomic E-state index is 12.5. The number of nitrogens with one attached hydrogen (secondary N) is 2. The lowest BCUT2D eigenvalue weighted by Crippen LogP contribution is -2.31. The second-order valence-electron chi connectivity index (χ2n) is 7.37. The first-order valence-electron chi connectivity index (χ1n) is 10.1. The van der Waals surface area contributed by atoms with E-state index in [0.717, 1.165) is 24.0 Å². The maximum atomic E-state index is 12.5. The molecule has 6 nitrogen and oxygen atoms in total. The molecule has 1 fully saturated rings. The van der Waals surface area contributed by atoms with Crippen LogP contribution in [0, 0.1) is 0 Å². The Morgan fingerprint density at radius 1 is 1.17 bits per heavy atom. The van der Waals surface area contributed by atoms with Crippen LogP contribution in [-0.4, -0.2) is 39.9 Å². The minimum Gasteiger partial charge on any atom is -0.376 e. The molecule has 2 N–H and O–H groups in total. The van der Waals surface area contributed by atoms with Crippen LogP contribution < -0.4 is 10.9 Å². The van der Waals surface area contributed by atoms with Gasteiger partial charge in [-0.05, 0) is 48.2 Å². The minimum atomic E-state index is -0.166. The van der Waals surface area contributed by atoms with Crippen LogP contribution in [0.4, 0.5) is 5.69 Å². The van der Waals surface area contributed by atoms with Crippen molar-refractivity contribution in [1.29, 1.82) is 0 Å². The van der Waals surface area contributed by atoms with Gasteiger partial charge < -0.3 is 15.2 Å². The number of anilines is 1. The molecule has 1 saturated heterocycles. The van der Waals surface area contributed by atoms with Crippen molar-refractivity contribution in [3.05, 3.63) is 95.2 Å². The van der Waals surface area contributed by atoms with Gasteiger partial charge in [-0.25, -0.2) is 0 Å². The van der Waals surface area contributed by atoms with E-state index >= 15 is 0 Å². The molecule has 1 amide bonds. The molecule has 2 aromatic heterocycles. The van der Waals surface area contributed by atoms with Gasteiger partial charge in [0.25, 0.3) is 5.56 Å². The predicted octanol–water partition coefficient (Wildman–Crippen LogP) is 3.25. The molecule has 6 heteroatoms. The first-order chi connectivity index (χ1) is 14.7. The zero-order chi connectivity index (χ0) is 20.8. The third-order valence-corrected chi connectivity index (χ3v) is 5.23. The molecule has 0 saturated carbocycles. The van der Waals surface area contributed by atoms with Crippen molar-refractivity contribution in [1.82, 2.24) is 14.9 Å². The molecular weight excluding hydrogens is 376 g/mol. The highest BCUT2D eigenvalue weighted by atomic mass is 16.2. The average Bonchev–Trinajstić information content (AvgIpc) is 3.25. The summed E-state index contributed by atoms with van der Waals surface area (Å²) in [7, 11) is 0. The summed E-state index contributed by atoms with van der Waals surface area (Å²) >= 11 is 0. The second-order valence-corrected chi connectivity index (χ2v) is 7.37. The van der Waals surface area contributed by atoms with E-state index < -0.39 is 0 Å². The van der Waals surface area contributed by atoms with E-state index in [1.165, 1.54) is 5.56 Å². The number of rotatable bonds is 6. The molecule has 0 spiro atoms. The number of aromatic amines is 1. The molecule has 1 aromatic carbocycles. The van der Waals surface area contributed by atoms with Gasteiger partial charge in [-0.15, -0.1) is 0 Å². The Morgan fingerprint density at radius 2 is 1.97 bits per heavy atom. The van der Waals surface area contributed by atoms with E-state index in [9.17, 15) is 9.59 Å². The summed E-state index contributed by atoms with van der Waals surface area (Å²) in [5, 5.41) is 3.31. The summed E-state index contributed by atoms with van der Waals surface area (Å²) in [6.07, 6.45) is 10.2. The molecule has 0 radical (unpaired) electrons. The molecule has 0 bridgehead atoms. The van der Waals surface area contributed by atoms with E-state index in [-0.39, 0.29) is 17.5 Å². The number of benzene rings is 1. The highest BCUT2D eigenvalue weighted by Crippen LogP contribution is 2.20. The van der Waals surface area contributed by atoms with E-state index in [1.54, 1.807) is 24.7 Å². The van der Waals surface area contributed by atoms with Gasteiger partial charge in [-0.2, -0.15) is 0 Å². The van der Waals surface area contributed by atoms with Crippen molar-refractivity contribution in [2.45, 2.75) is 18.9 Å². The number of hydrogen-bond acceptors (Lipinski definition) is 4. The summed E-state index contributed by atoms with van der Waals surface area (Å²) in [4.78, 5) is 33.4. The third-order valence-electron chi connectivity index (χ3n) is 5.23. The molecule has 152 valence electrons. The summed E-state index contributed by atoms with van der Waals surface area (Å²) < 4.78 is 0. The van der Waals surface area contributed by atoms with Gasteiger partial charge in [-0.3, -0.25) is 14.6 Å². The molecular formula is C24H24N4O2. The Morgan fingerprint density at radius 3 is 2.77 bits per heavy atom. The van der Waals surface area contributed by atoms with Crippen molar-refractivity contribution in [2.75, 3.05) is 18.4 Å². The zero-order valence-electron chi connectivity index (χ0n) is 16.6. The van der Waals surface area contributed by atoms with E-state index in [4.69, 9.17) is 0 Å². The Labute approximate surface area is 175 Å². The summed E-state index contributed by atoms with van der Waals surface area (Å²) in [5.41, 5.74) is 3.42. The number of H-pyrrole nitrogens is 1. The predicted molar refractivity (Wildman–Crippen MR) is 118 cm³/mol. The minimum absolute atomic E-state index is 0.00896. The second kappa shape index (κ2) is 9.22. The molecule has 1 atom stereocenters. The maximum Gasteiger partial charge on any atom is 0.271 e. The fourth-order valence-corrected chi connectivity index (χ4v) is 3.62. The number of carbonyl (C=O) groups excluding carboxylic acids is 1. The number of carbonyl (C=O) groups is 1. The lowest BCUT2D eigenvalue weighted by atomic mass is 10.1. The topological polar surface area (TPSA) is 78.1 Å². The molecule has 0 unspecified atom stereocenters. The SMILES string of the molecule is O=C(/C=C/Cc1ccccc1)N1CC[C@@H](Nc2cc(-c3ccncc3)c[nH]c2=O)C1. The number of likely N-dealkylation sites (tertiary alicyclic amines) is 1. The first kappa shape index (κ1) is 19.6. The lowest BCUT2D eigenvalue weighted by molar-refractivity contribution is -0.125. The van der Waals surface area contributed by atoms with Crippen LogP contribution in [0.2, 0.25) is 0 Å². The van der Waals surface area contributed by atoms with Gasteiger partial charge in [-0.1, -0.05) is 36.4 Å². The summed E-state index contributed by atoms with van der Waals surface area (Å²) in [6.45, 7) is 1.25. The number of hydrogen-bond donors (Lipinski definition) is 2. The third kappa shape index (κ3) is 4.84. The van der Waals surface area contributed by atoms with Gasteiger partial charge in [0.15, 0.2) is 0 Å². The molecule has 4 rings (SSSR count). The van der Waals surface area contributed by atoms with Crippen molar-refractivity contribution < 1.29 is 4.79 Å². The van der Waals surface area contributed by atoms with E-state index in [1.807, 2.05) is 59.5 Å². The Kier molecular flexibility index (Phi) is 6.03. The van der Waals surface area contributed by atoms with Gasteiger partial charge in [0.05, 0.1) is 0 Å². The Hall–Kier alpha value is -3.67. The number of aromatic nitrogens is 2. The van der Waals surface area contributed by atoms with Gasteiger partial charge >= 0.3 is 0 Å². The summed E-state index contributed by atoms with van der Waals surface area (Å²) in [6, 6.07) is 15.7. The van der Waals surface area contributed by atoms with Crippen molar-refractivity contribution in [2.24, 2.45) is 0 Å². The van der Waals surface area contributed by atoms with Crippen LogP contribution in [-0.2, 0) is 11.2 Å². The van der Waals surface area contributed by atoms with Crippen molar-refractivity contribution in [3.8, 4) is 11.1 Å². The van der Waals surface area contributed by atoms with Gasteiger partial charge in [0, 0.05) is 43.3 Å². The van der Waals surface area contributed by atoms with Gasteiger partial charge in [0.1, 0.15) is 5.69 Å². The Bertz CT molecular complexity index is 1080. The largest absolute Gasteiger partial charge is 0.376 e. The van der Waals surface area contributed by atoms with Crippen LogP contribution in [0.15, 0.2) is 84.1 Å². The highest BCUT2D eigenvalue weighted by Gasteiger charge is 2.25. The molecule has 3 aromatic rings. The molecule has 30 heavy (non-hydrogen) atoms. The zero-order valence-corrected chi connectivity index (χ0v) is 16.6. The number of pyridine rings is 2. The van der Waals surface area contributed by atoms with E-state index in [2.05, 4.69) is 15.3 Å². The quantitative estimate of drug-likeness (QED) is 0.623. The lowest BCUT2D eigenvalue weighted by Gasteiger charge is -2.16. The van der Waals surface area contributed by atoms with E-state index in [0.29, 0.717) is 18.8 Å². The smallest absolute Gasteiger partial charge is 0.271 e. The molecule has 0 aliphatic carbocycles. The normalized spacial score (nSPS) is 16.1. The fourth-order valence-electron chi connectivity index (χ4n) is 3.62. The van der Waals surface area contributed by atoms with Crippen molar-refractivity contribution in [3.63, 3.8) is 0 Å². The fraction of sp³-hybridized carbons (Fsp3) is 0.208. The highest BCUT2D eigenvalue weighted by molar-refractivity contribution is 5.88.